The molecule has 0 saturated carbocycles. The standard InChI is InChI=1S/C29H21Cl3/c1-17(2)18-14-15-21-23(16-18)19-8-3-4-9-20(19)28(29-25(31)12-7-13-26(29)32)27(21)22-10-5-6-11-24(22)30/h3-17H,1-2H3. The van der Waals surface area contributed by atoms with Crippen molar-refractivity contribution in [3.8, 4) is 22.3 Å². The molecule has 5 aromatic carbocycles. The molecule has 0 aliphatic carbocycles. The molecule has 0 aromatic heterocycles. The Hall–Kier alpha value is -2.51. The van der Waals surface area contributed by atoms with Gasteiger partial charge in [-0.3, -0.25) is 0 Å². The molecule has 3 heteroatoms. The van der Waals surface area contributed by atoms with Crippen molar-refractivity contribution in [2.75, 3.05) is 0 Å². The highest BCUT2D eigenvalue weighted by molar-refractivity contribution is 6.41. The van der Waals surface area contributed by atoms with Crippen molar-refractivity contribution < 1.29 is 0 Å². The predicted molar refractivity (Wildman–Crippen MR) is 141 cm³/mol. The Bertz CT molecular complexity index is 1460. The Morgan fingerprint density at radius 3 is 1.78 bits per heavy atom. The highest BCUT2D eigenvalue weighted by atomic mass is 35.5. The molecule has 0 radical (unpaired) electrons. The molecule has 0 N–H and O–H groups in total. The van der Waals surface area contributed by atoms with Crippen molar-refractivity contribution in [2.24, 2.45) is 0 Å². The van der Waals surface area contributed by atoms with Gasteiger partial charge in [-0.1, -0.05) is 115 Å². The van der Waals surface area contributed by atoms with E-state index in [2.05, 4.69) is 62.4 Å². The van der Waals surface area contributed by atoms with Crippen molar-refractivity contribution in [1.29, 1.82) is 0 Å². The molecule has 0 saturated heterocycles. The van der Waals surface area contributed by atoms with E-state index in [9.17, 15) is 0 Å². The van der Waals surface area contributed by atoms with Gasteiger partial charge in [-0.15, -0.1) is 0 Å². The second-order valence-corrected chi connectivity index (χ2v) is 9.55. The zero-order chi connectivity index (χ0) is 22.4. The molecule has 158 valence electrons. The van der Waals surface area contributed by atoms with Crippen LogP contribution in [0.3, 0.4) is 0 Å². The molecule has 32 heavy (non-hydrogen) atoms. The van der Waals surface area contributed by atoms with Crippen LogP contribution in [-0.4, -0.2) is 0 Å². The van der Waals surface area contributed by atoms with Gasteiger partial charge in [0.15, 0.2) is 0 Å². The summed E-state index contributed by atoms with van der Waals surface area (Å²) in [7, 11) is 0. The average molecular weight is 476 g/mol. The SMILES string of the molecule is CC(C)c1ccc2c(-c3ccccc3Cl)c(-c3c(Cl)cccc3Cl)c3ccccc3c2c1. The first-order valence-corrected chi connectivity index (χ1v) is 11.8. The molecule has 5 aromatic rings. The summed E-state index contributed by atoms with van der Waals surface area (Å²) in [5.41, 5.74) is 5.16. The lowest BCUT2D eigenvalue weighted by atomic mass is 9.84. The number of fused-ring (bicyclic) bond motifs is 3. The van der Waals surface area contributed by atoms with E-state index in [0.717, 1.165) is 33.0 Å². The van der Waals surface area contributed by atoms with Gasteiger partial charge in [0.1, 0.15) is 0 Å². The minimum absolute atomic E-state index is 0.430. The van der Waals surface area contributed by atoms with Crippen LogP contribution in [0.2, 0.25) is 15.1 Å². The lowest BCUT2D eigenvalue weighted by Gasteiger charge is -2.21. The van der Waals surface area contributed by atoms with Gasteiger partial charge >= 0.3 is 0 Å². The van der Waals surface area contributed by atoms with Gasteiger partial charge in [0.05, 0.1) is 0 Å². The van der Waals surface area contributed by atoms with E-state index in [0.29, 0.717) is 21.0 Å². The van der Waals surface area contributed by atoms with Gasteiger partial charge < -0.3 is 0 Å². The molecule has 5 rings (SSSR count). The van der Waals surface area contributed by atoms with Crippen LogP contribution in [0, 0.1) is 0 Å². The summed E-state index contributed by atoms with van der Waals surface area (Å²) < 4.78 is 0. The molecule has 0 fully saturated rings. The van der Waals surface area contributed by atoms with Crippen LogP contribution in [0.5, 0.6) is 0 Å². The molecule has 0 nitrogen and oxygen atoms in total. The van der Waals surface area contributed by atoms with E-state index < -0.39 is 0 Å². The van der Waals surface area contributed by atoms with Crippen LogP contribution in [0.15, 0.2) is 84.9 Å². The van der Waals surface area contributed by atoms with E-state index >= 15 is 0 Å². The lowest BCUT2D eigenvalue weighted by molar-refractivity contribution is 0.869. The first-order chi connectivity index (χ1) is 15.5. The van der Waals surface area contributed by atoms with E-state index in [4.69, 9.17) is 34.8 Å². The maximum atomic E-state index is 6.77. The Kier molecular flexibility index (Phi) is 5.63. The zero-order valence-electron chi connectivity index (χ0n) is 17.8. The molecule has 0 bridgehead atoms. The van der Waals surface area contributed by atoms with Crippen LogP contribution in [0.1, 0.15) is 25.3 Å². The molecular formula is C29H21Cl3. The van der Waals surface area contributed by atoms with E-state index in [-0.39, 0.29) is 0 Å². The van der Waals surface area contributed by atoms with Crippen molar-refractivity contribution in [2.45, 2.75) is 19.8 Å². The minimum atomic E-state index is 0.430. The van der Waals surface area contributed by atoms with Crippen molar-refractivity contribution in [3.05, 3.63) is 106 Å². The summed E-state index contributed by atoms with van der Waals surface area (Å²) >= 11 is 20.3. The summed E-state index contributed by atoms with van der Waals surface area (Å²) in [6.07, 6.45) is 0. The number of rotatable bonds is 3. The molecule has 0 aliphatic rings. The maximum Gasteiger partial charge on any atom is 0.0499 e. The summed E-state index contributed by atoms with van der Waals surface area (Å²) in [6, 6.07) is 28.8. The van der Waals surface area contributed by atoms with Gasteiger partial charge in [-0.2, -0.15) is 0 Å². The van der Waals surface area contributed by atoms with Crippen LogP contribution >= 0.6 is 34.8 Å². The van der Waals surface area contributed by atoms with Crippen LogP contribution in [0.4, 0.5) is 0 Å². The second kappa shape index (κ2) is 8.45. The molecule has 0 amide bonds. The minimum Gasteiger partial charge on any atom is -0.0837 e. The first-order valence-electron chi connectivity index (χ1n) is 10.6. The van der Waals surface area contributed by atoms with Gasteiger partial charge in [0.2, 0.25) is 0 Å². The Labute approximate surface area is 203 Å². The van der Waals surface area contributed by atoms with Crippen LogP contribution < -0.4 is 0 Å². The predicted octanol–water partition coefficient (Wildman–Crippen LogP) is 10.4. The third-order valence-corrected chi connectivity index (χ3v) is 7.03. The fourth-order valence-corrected chi connectivity index (χ4v) is 5.32. The van der Waals surface area contributed by atoms with Crippen molar-refractivity contribution in [1.82, 2.24) is 0 Å². The molecule has 0 aliphatic heterocycles. The summed E-state index contributed by atoms with van der Waals surface area (Å²) in [5, 5.41) is 6.54. The van der Waals surface area contributed by atoms with Crippen molar-refractivity contribution >= 4 is 56.3 Å². The zero-order valence-corrected chi connectivity index (χ0v) is 20.1. The third kappa shape index (κ3) is 3.48. The largest absolute Gasteiger partial charge is 0.0837 e. The van der Waals surface area contributed by atoms with Crippen LogP contribution in [0.25, 0.3) is 43.8 Å². The Morgan fingerprint density at radius 1 is 0.500 bits per heavy atom. The monoisotopic (exact) mass is 474 g/mol. The van der Waals surface area contributed by atoms with E-state index in [1.807, 2.05) is 36.4 Å². The summed E-state index contributed by atoms with van der Waals surface area (Å²) in [6.45, 7) is 4.44. The van der Waals surface area contributed by atoms with Crippen LogP contribution in [-0.2, 0) is 0 Å². The van der Waals surface area contributed by atoms with Gasteiger partial charge in [-0.25, -0.2) is 0 Å². The van der Waals surface area contributed by atoms with E-state index in [1.54, 1.807) is 0 Å². The molecule has 0 atom stereocenters. The fourth-order valence-electron chi connectivity index (χ4n) is 4.51. The Balaban J connectivity index is 2.08. The molecule has 0 unspecified atom stereocenters. The first kappa shape index (κ1) is 21.3. The third-order valence-electron chi connectivity index (χ3n) is 6.07. The summed E-state index contributed by atoms with van der Waals surface area (Å²) in [4.78, 5) is 0. The second-order valence-electron chi connectivity index (χ2n) is 8.33. The normalized spacial score (nSPS) is 11.6. The fraction of sp³-hybridized carbons (Fsp3) is 0.103. The number of hydrogen-bond donors (Lipinski definition) is 0. The highest BCUT2D eigenvalue weighted by Gasteiger charge is 2.22. The maximum absolute atomic E-state index is 6.77. The van der Waals surface area contributed by atoms with Gasteiger partial charge in [0.25, 0.3) is 0 Å². The van der Waals surface area contributed by atoms with Gasteiger partial charge in [-0.05, 0) is 56.8 Å². The average Bonchev–Trinajstić information content (AvgIpc) is 2.79. The quantitative estimate of drug-likeness (QED) is 0.228. The van der Waals surface area contributed by atoms with Gasteiger partial charge in [0, 0.05) is 31.8 Å². The summed E-state index contributed by atoms with van der Waals surface area (Å²) in [5.74, 6) is 0.430. The van der Waals surface area contributed by atoms with Crippen molar-refractivity contribution in [3.63, 3.8) is 0 Å². The number of halogens is 3. The molecular weight excluding hydrogens is 455 g/mol. The smallest absolute Gasteiger partial charge is 0.0499 e. The lowest BCUT2D eigenvalue weighted by Crippen LogP contribution is -1.95. The molecule has 0 spiro atoms. The molecule has 0 heterocycles. The number of benzene rings is 5. The topological polar surface area (TPSA) is 0 Å². The van der Waals surface area contributed by atoms with E-state index in [1.165, 1.54) is 16.3 Å². The Morgan fingerprint density at radius 2 is 1.09 bits per heavy atom. The highest BCUT2D eigenvalue weighted by Crippen LogP contribution is 2.49. The number of hydrogen-bond acceptors (Lipinski definition) is 0.